The van der Waals surface area contributed by atoms with Gasteiger partial charge in [-0.3, -0.25) is 0 Å². The van der Waals surface area contributed by atoms with E-state index in [4.69, 9.17) is 0 Å². The molecule has 1 heterocycles. The van der Waals surface area contributed by atoms with Crippen LogP contribution in [-0.4, -0.2) is 4.57 Å². The summed E-state index contributed by atoms with van der Waals surface area (Å²) in [5.74, 6) is 0.676. The zero-order chi connectivity index (χ0) is 35.2. The van der Waals surface area contributed by atoms with Crippen molar-refractivity contribution < 1.29 is 0 Å². The van der Waals surface area contributed by atoms with Gasteiger partial charge in [0.25, 0.3) is 0 Å². The van der Waals surface area contributed by atoms with Gasteiger partial charge in [-0.15, -0.1) is 0 Å². The lowest BCUT2D eigenvalue weighted by Gasteiger charge is -2.28. The standard InChI is InChI=1S/C50H46N2/c1-50(2,3)52-47-21-13-12-20-45(47)46-33-31-42(34-48(46)52)51(40-27-22-36(23-28-40)35-14-6-4-7-15-35)41-29-24-38(25-30-41)44-32-26-37-16-10-11-19-43(37)49(44)39-17-8-5-9-18-39/h5,8-13,16-35H,4,6-7,14-15H2,1-3H3. The van der Waals surface area contributed by atoms with E-state index in [0.717, 1.165) is 11.4 Å². The predicted molar refractivity (Wildman–Crippen MR) is 223 cm³/mol. The highest BCUT2D eigenvalue weighted by molar-refractivity contribution is 6.09. The van der Waals surface area contributed by atoms with Crippen molar-refractivity contribution in [3.63, 3.8) is 0 Å². The average molecular weight is 675 g/mol. The SMILES string of the molecule is CC(C)(C)n1c2ccccc2c2ccc(N(c3ccc(-c4ccc5ccccc5c4-c4ccccc4)cc3)c3ccc(C4CCCCC4)cc3)cc21. The second-order valence-electron chi connectivity index (χ2n) is 15.6. The summed E-state index contributed by atoms with van der Waals surface area (Å²) >= 11 is 0. The van der Waals surface area contributed by atoms with Crippen LogP contribution in [0, 0.1) is 0 Å². The highest BCUT2D eigenvalue weighted by atomic mass is 15.1. The summed E-state index contributed by atoms with van der Waals surface area (Å²) in [6, 6.07) is 58.7. The van der Waals surface area contributed by atoms with Crippen LogP contribution in [-0.2, 0) is 5.54 Å². The summed E-state index contributed by atoms with van der Waals surface area (Å²) in [6.07, 6.45) is 6.67. The van der Waals surface area contributed by atoms with Crippen LogP contribution in [0.15, 0.2) is 158 Å². The van der Waals surface area contributed by atoms with Gasteiger partial charge < -0.3 is 9.47 Å². The topological polar surface area (TPSA) is 8.17 Å². The lowest BCUT2D eigenvalue weighted by atomic mass is 9.84. The van der Waals surface area contributed by atoms with Gasteiger partial charge >= 0.3 is 0 Å². The van der Waals surface area contributed by atoms with Crippen molar-refractivity contribution in [3.8, 4) is 22.3 Å². The Morgan fingerprint density at radius 1 is 0.500 bits per heavy atom. The maximum Gasteiger partial charge on any atom is 0.0517 e. The molecule has 0 unspecified atom stereocenters. The molecule has 0 bridgehead atoms. The summed E-state index contributed by atoms with van der Waals surface area (Å²) in [6.45, 7) is 6.92. The summed E-state index contributed by atoms with van der Waals surface area (Å²) in [4.78, 5) is 2.44. The third-order valence-electron chi connectivity index (χ3n) is 11.2. The number of benzene rings is 7. The van der Waals surface area contributed by atoms with E-state index in [1.807, 2.05) is 0 Å². The van der Waals surface area contributed by atoms with Gasteiger partial charge in [0.1, 0.15) is 0 Å². The molecule has 0 atom stereocenters. The van der Waals surface area contributed by atoms with Crippen LogP contribution in [0.4, 0.5) is 17.1 Å². The van der Waals surface area contributed by atoms with Gasteiger partial charge in [0.15, 0.2) is 0 Å². The summed E-state index contributed by atoms with van der Waals surface area (Å²) < 4.78 is 2.51. The molecule has 9 rings (SSSR count). The molecule has 7 aromatic carbocycles. The second-order valence-corrected chi connectivity index (χ2v) is 15.6. The molecule has 0 aliphatic heterocycles. The van der Waals surface area contributed by atoms with Crippen LogP contribution in [0.1, 0.15) is 64.4 Å². The number of aromatic nitrogens is 1. The largest absolute Gasteiger partial charge is 0.335 e. The van der Waals surface area contributed by atoms with Gasteiger partial charge in [-0.05, 0) is 121 Å². The molecular weight excluding hydrogens is 629 g/mol. The van der Waals surface area contributed by atoms with Crippen LogP contribution >= 0.6 is 0 Å². The number of nitrogens with zero attached hydrogens (tertiary/aromatic N) is 2. The Labute approximate surface area is 308 Å². The molecule has 2 nitrogen and oxygen atoms in total. The number of fused-ring (bicyclic) bond motifs is 4. The van der Waals surface area contributed by atoms with Crippen LogP contribution in [0.5, 0.6) is 0 Å². The molecule has 8 aromatic rings. The minimum atomic E-state index is -0.0790. The maximum atomic E-state index is 2.51. The molecular formula is C50H46N2. The fourth-order valence-electron chi connectivity index (χ4n) is 8.82. The normalized spacial score (nSPS) is 14.0. The van der Waals surface area contributed by atoms with Crippen molar-refractivity contribution in [2.75, 3.05) is 4.90 Å². The van der Waals surface area contributed by atoms with Crippen molar-refractivity contribution in [3.05, 3.63) is 163 Å². The van der Waals surface area contributed by atoms with Crippen molar-refractivity contribution in [2.24, 2.45) is 0 Å². The molecule has 0 radical (unpaired) electrons. The molecule has 1 aromatic heterocycles. The first kappa shape index (κ1) is 32.3. The number of hydrogen-bond acceptors (Lipinski definition) is 1. The lowest BCUT2D eigenvalue weighted by molar-refractivity contribution is 0.423. The van der Waals surface area contributed by atoms with E-state index in [-0.39, 0.29) is 5.54 Å². The Morgan fingerprint density at radius 3 is 1.85 bits per heavy atom. The molecule has 256 valence electrons. The molecule has 1 saturated carbocycles. The molecule has 0 amide bonds. The summed E-state index contributed by atoms with van der Waals surface area (Å²) in [5, 5.41) is 5.13. The smallest absolute Gasteiger partial charge is 0.0517 e. The van der Waals surface area contributed by atoms with Gasteiger partial charge in [-0.2, -0.15) is 0 Å². The monoisotopic (exact) mass is 674 g/mol. The fourth-order valence-corrected chi connectivity index (χ4v) is 8.82. The Bertz CT molecular complexity index is 2510. The number of para-hydroxylation sites is 1. The van der Waals surface area contributed by atoms with E-state index in [1.54, 1.807) is 0 Å². The fraction of sp³-hybridized carbons (Fsp3) is 0.200. The van der Waals surface area contributed by atoms with Crippen LogP contribution in [0.25, 0.3) is 54.8 Å². The highest BCUT2D eigenvalue weighted by Gasteiger charge is 2.23. The molecule has 52 heavy (non-hydrogen) atoms. The van der Waals surface area contributed by atoms with Gasteiger partial charge in [-0.25, -0.2) is 0 Å². The number of rotatable bonds is 6. The average Bonchev–Trinajstić information content (AvgIpc) is 3.53. The van der Waals surface area contributed by atoms with Crippen molar-refractivity contribution >= 4 is 49.6 Å². The zero-order valence-electron chi connectivity index (χ0n) is 30.5. The number of anilines is 3. The van der Waals surface area contributed by atoms with Crippen LogP contribution in [0.2, 0.25) is 0 Å². The quantitative estimate of drug-likeness (QED) is 0.170. The van der Waals surface area contributed by atoms with E-state index in [9.17, 15) is 0 Å². The first-order valence-corrected chi connectivity index (χ1v) is 19.1. The van der Waals surface area contributed by atoms with Crippen molar-refractivity contribution in [1.82, 2.24) is 4.57 Å². The lowest BCUT2D eigenvalue weighted by Crippen LogP contribution is -2.21. The summed E-state index contributed by atoms with van der Waals surface area (Å²) in [5.41, 5.74) is 12.4. The zero-order valence-corrected chi connectivity index (χ0v) is 30.5. The van der Waals surface area contributed by atoms with Crippen LogP contribution < -0.4 is 4.90 Å². The third-order valence-corrected chi connectivity index (χ3v) is 11.2. The first-order chi connectivity index (χ1) is 25.4. The molecule has 0 N–H and O–H groups in total. The van der Waals surface area contributed by atoms with Gasteiger partial charge in [0.05, 0.1) is 5.52 Å². The van der Waals surface area contributed by atoms with Crippen molar-refractivity contribution in [1.29, 1.82) is 0 Å². The van der Waals surface area contributed by atoms with E-state index >= 15 is 0 Å². The van der Waals surface area contributed by atoms with E-state index < -0.39 is 0 Å². The predicted octanol–water partition coefficient (Wildman–Crippen LogP) is 14.6. The minimum absolute atomic E-state index is 0.0790. The maximum absolute atomic E-state index is 2.51. The highest BCUT2D eigenvalue weighted by Crippen LogP contribution is 2.43. The van der Waals surface area contributed by atoms with E-state index in [1.165, 1.54) is 98.2 Å². The summed E-state index contributed by atoms with van der Waals surface area (Å²) in [7, 11) is 0. The molecule has 2 heteroatoms. The first-order valence-electron chi connectivity index (χ1n) is 19.1. The molecule has 1 aliphatic rings. The third kappa shape index (κ3) is 5.77. The molecule has 1 aliphatic carbocycles. The van der Waals surface area contributed by atoms with E-state index in [2.05, 4.69) is 188 Å². The van der Waals surface area contributed by atoms with E-state index in [0.29, 0.717) is 5.92 Å². The van der Waals surface area contributed by atoms with Gasteiger partial charge in [0.2, 0.25) is 0 Å². The Morgan fingerprint density at radius 2 is 1.12 bits per heavy atom. The molecule has 0 saturated heterocycles. The van der Waals surface area contributed by atoms with Crippen molar-refractivity contribution in [2.45, 2.75) is 64.3 Å². The number of hydrogen-bond donors (Lipinski definition) is 0. The Balaban J connectivity index is 1.19. The molecule has 0 spiro atoms. The Kier molecular flexibility index (Phi) is 8.19. The van der Waals surface area contributed by atoms with Gasteiger partial charge in [-0.1, -0.05) is 135 Å². The minimum Gasteiger partial charge on any atom is -0.335 e. The second kappa shape index (κ2) is 13.2. The molecule has 1 fully saturated rings. The van der Waals surface area contributed by atoms with Gasteiger partial charge in [0, 0.05) is 38.9 Å². The van der Waals surface area contributed by atoms with Crippen LogP contribution in [0.3, 0.4) is 0 Å². The Hall–Kier alpha value is -5.60.